The van der Waals surface area contributed by atoms with Gasteiger partial charge in [0.05, 0.1) is 5.70 Å². The van der Waals surface area contributed by atoms with E-state index in [1.165, 1.54) is 61.3 Å². The van der Waals surface area contributed by atoms with Crippen LogP contribution in [0.5, 0.6) is 0 Å². The van der Waals surface area contributed by atoms with Gasteiger partial charge in [0, 0.05) is 6.21 Å². The van der Waals surface area contributed by atoms with Crippen LogP contribution in [0.25, 0.3) is 5.57 Å². The molecule has 0 N–H and O–H groups in total. The molecule has 0 bridgehead atoms. The van der Waals surface area contributed by atoms with Gasteiger partial charge in [0.1, 0.15) is 5.83 Å². The molecule has 0 amide bonds. The van der Waals surface area contributed by atoms with E-state index in [-0.39, 0.29) is 11.2 Å². The zero-order chi connectivity index (χ0) is 28.7. The number of allylic oxidation sites excluding steroid dienone is 9. The van der Waals surface area contributed by atoms with Crippen molar-refractivity contribution in [1.29, 1.82) is 0 Å². The van der Waals surface area contributed by atoms with Gasteiger partial charge in [-0.15, -0.1) is 0 Å². The largest absolute Gasteiger partial charge is 0.261 e. The molecular formula is C36H52FN. The minimum Gasteiger partial charge on any atom is -0.261 e. The highest BCUT2D eigenvalue weighted by atomic mass is 19.1. The van der Waals surface area contributed by atoms with E-state index in [2.05, 4.69) is 85.9 Å². The molecular weight excluding hydrogens is 465 g/mol. The number of rotatable bonds is 16. The number of benzene rings is 1. The highest BCUT2D eigenvalue weighted by molar-refractivity contribution is 5.75. The molecule has 38 heavy (non-hydrogen) atoms. The van der Waals surface area contributed by atoms with Gasteiger partial charge in [-0.05, 0) is 118 Å². The van der Waals surface area contributed by atoms with Crippen molar-refractivity contribution in [3.8, 4) is 0 Å². The van der Waals surface area contributed by atoms with Crippen molar-refractivity contribution in [2.45, 2.75) is 112 Å². The Morgan fingerprint density at radius 2 is 1.63 bits per heavy atom. The Kier molecular flexibility index (Phi) is 14.9. The fraction of sp³-hybridized carbons (Fsp3) is 0.472. The molecule has 0 radical (unpaired) electrons. The van der Waals surface area contributed by atoms with E-state index in [1.807, 2.05) is 19.2 Å². The molecule has 208 valence electrons. The summed E-state index contributed by atoms with van der Waals surface area (Å²) in [7, 11) is 0. The summed E-state index contributed by atoms with van der Waals surface area (Å²) in [5.41, 5.74) is 9.07. The Bertz CT molecular complexity index is 1070. The van der Waals surface area contributed by atoms with E-state index < -0.39 is 0 Å². The first-order valence-corrected chi connectivity index (χ1v) is 14.4. The van der Waals surface area contributed by atoms with Crippen molar-refractivity contribution < 1.29 is 4.39 Å². The second-order valence-corrected chi connectivity index (χ2v) is 10.7. The molecule has 1 aromatic carbocycles. The van der Waals surface area contributed by atoms with Gasteiger partial charge in [0.15, 0.2) is 0 Å². The zero-order valence-corrected chi connectivity index (χ0v) is 25.5. The highest BCUT2D eigenvalue weighted by Gasteiger charge is 2.30. The Balaban J connectivity index is 3.34. The fourth-order valence-corrected chi connectivity index (χ4v) is 5.42. The molecule has 0 aliphatic carbocycles. The molecule has 1 nitrogen and oxygen atoms in total. The molecule has 2 heteroatoms. The average Bonchev–Trinajstić information content (AvgIpc) is 2.88. The summed E-state index contributed by atoms with van der Waals surface area (Å²) in [5, 5.41) is 0. The standard InChI is InChI=1S/C36H52FN/c1-11-17-31(34(37)15-5)18-16-24-38-35(30(10)27(6)7)26-28(8)32-19-20-33(29(9)25-32)36(21-12-2,22-13-3)23-14-4/h11,15,17,19-20,24-26H,5,8,12-14,16,18,21-23H2,1-4,6-7,9-10H3/b17-11-,34-31-,35-26+,38-24?. The maximum Gasteiger partial charge on any atom is 0.125 e. The molecule has 0 spiro atoms. The molecule has 0 heterocycles. The van der Waals surface area contributed by atoms with E-state index in [1.54, 1.807) is 6.08 Å². The SMILES string of the molecule is C=C/C(F)=C(\C=C/C)CCC=N/C(=C/C(=C)c1ccc(C(CCC)(CCC)CCC)c(C)c1)C(C)=C(C)C. The van der Waals surface area contributed by atoms with Gasteiger partial charge in [-0.3, -0.25) is 4.99 Å². The van der Waals surface area contributed by atoms with Crippen LogP contribution in [0.1, 0.15) is 117 Å². The first-order chi connectivity index (χ1) is 18.1. The number of hydrogen-bond donors (Lipinski definition) is 0. The minimum atomic E-state index is -0.277. The van der Waals surface area contributed by atoms with E-state index in [0.717, 1.165) is 22.4 Å². The van der Waals surface area contributed by atoms with Crippen LogP contribution in [0.4, 0.5) is 4.39 Å². The molecule has 0 saturated carbocycles. The van der Waals surface area contributed by atoms with Crippen LogP contribution in [0.2, 0.25) is 0 Å². The lowest BCUT2D eigenvalue weighted by molar-refractivity contribution is 0.325. The summed E-state index contributed by atoms with van der Waals surface area (Å²) >= 11 is 0. The molecule has 1 aromatic rings. The molecule has 0 saturated heterocycles. The summed E-state index contributed by atoms with van der Waals surface area (Å²) in [6.07, 6.45) is 17.4. The maximum atomic E-state index is 14.1. The van der Waals surface area contributed by atoms with Crippen LogP contribution in [0, 0.1) is 6.92 Å². The van der Waals surface area contributed by atoms with Crippen LogP contribution in [0.3, 0.4) is 0 Å². The van der Waals surface area contributed by atoms with Crippen LogP contribution in [0.15, 0.2) is 88.9 Å². The van der Waals surface area contributed by atoms with E-state index in [4.69, 9.17) is 4.99 Å². The third kappa shape index (κ3) is 9.53. The second kappa shape index (κ2) is 17.0. The van der Waals surface area contributed by atoms with E-state index >= 15 is 0 Å². The topological polar surface area (TPSA) is 12.4 Å². The number of nitrogens with zero attached hydrogens (tertiary/aromatic N) is 1. The first kappa shape index (κ1) is 33.3. The highest BCUT2D eigenvalue weighted by Crippen LogP contribution is 2.41. The van der Waals surface area contributed by atoms with Gasteiger partial charge >= 0.3 is 0 Å². The van der Waals surface area contributed by atoms with Crippen LogP contribution in [-0.4, -0.2) is 6.21 Å². The zero-order valence-electron chi connectivity index (χ0n) is 25.5. The second-order valence-electron chi connectivity index (χ2n) is 10.7. The number of aliphatic imine (C=N–C) groups is 1. The normalized spacial score (nSPS) is 13.2. The predicted molar refractivity (Wildman–Crippen MR) is 170 cm³/mol. The molecule has 0 aliphatic heterocycles. The summed E-state index contributed by atoms with van der Waals surface area (Å²) < 4.78 is 14.1. The van der Waals surface area contributed by atoms with Crippen molar-refractivity contribution in [3.05, 3.63) is 101 Å². The first-order valence-electron chi connectivity index (χ1n) is 14.4. The third-order valence-electron chi connectivity index (χ3n) is 7.43. The Labute approximate surface area is 233 Å². The van der Waals surface area contributed by atoms with Gasteiger partial charge in [0.2, 0.25) is 0 Å². The summed E-state index contributed by atoms with van der Waals surface area (Å²) in [4.78, 5) is 4.80. The summed E-state index contributed by atoms with van der Waals surface area (Å²) in [5.74, 6) is -0.277. The molecule has 0 fully saturated rings. The van der Waals surface area contributed by atoms with Crippen LogP contribution < -0.4 is 0 Å². The van der Waals surface area contributed by atoms with E-state index in [9.17, 15) is 4.39 Å². The Morgan fingerprint density at radius 1 is 1.03 bits per heavy atom. The number of aryl methyl sites for hydroxylation is 1. The molecule has 0 atom stereocenters. The Morgan fingerprint density at radius 3 is 2.11 bits per heavy atom. The molecule has 0 unspecified atom stereocenters. The van der Waals surface area contributed by atoms with Crippen molar-refractivity contribution >= 4 is 11.8 Å². The molecule has 0 aromatic heterocycles. The van der Waals surface area contributed by atoms with E-state index in [0.29, 0.717) is 18.4 Å². The van der Waals surface area contributed by atoms with Crippen molar-refractivity contribution in [1.82, 2.24) is 0 Å². The van der Waals surface area contributed by atoms with Crippen LogP contribution in [-0.2, 0) is 5.41 Å². The monoisotopic (exact) mass is 517 g/mol. The minimum absolute atomic E-state index is 0.261. The number of hydrogen-bond acceptors (Lipinski definition) is 1. The van der Waals surface area contributed by atoms with Gasteiger partial charge in [0.25, 0.3) is 0 Å². The lowest BCUT2D eigenvalue weighted by Gasteiger charge is -2.36. The van der Waals surface area contributed by atoms with Crippen molar-refractivity contribution in [2.24, 2.45) is 4.99 Å². The van der Waals surface area contributed by atoms with Gasteiger partial charge in [-0.2, -0.15) is 0 Å². The Hall–Kier alpha value is -2.74. The number of halogens is 1. The van der Waals surface area contributed by atoms with Crippen molar-refractivity contribution in [2.75, 3.05) is 0 Å². The van der Waals surface area contributed by atoms with Crippen molar-refractivity contribution in [3.63, 3.8) is 0 Å². The summed E-state index contributed by atoms with van der Waals surface area (Å²) in [6, 6.07) is 6.89. The third-order valence-corrected chi connectivity index (χ3v) is 7.43. The summed E-state index contributed by atoms with van der Waals surface area (Å²) in [6.45, 7) is 25.3. The lowest BCUT2D eigenvalue weighted by atomic mass is 9.69. The predicted octanol–water partition coefficient (Wildman–Crippen LogP) is 11.7. The quantitative estimate of drug-likeness (QED) is 0.153. The lowest BCUT2D eigenvalue weighted by Crippen LogP contribution is -2.27. The average molecular weight is 518 g/mol. The van der Waals surface area contributed by atoms with Crippen LogP contribution >= 0.6 is 0 Å². The van der Waals surface area contributed by atoms with Gasteiger partial charge in [-0.1, -0.05) is 89.1 Å². The maximum absolute atomic E-state index is 14.1. The smallest absolute Gasteiger partial charge is 0.125 e. The van der Waals surface area contributed by atoms with Gasteiger partial charge < -0.3 is 0 Å². The molecule has 0 aliphatic rings. The fourth-order valence-electron chi connectivity index (χ4n) is 5.42. The molecule has 1 rings (SSSR count). The van der Waals surface area contributed by atoms with Gasteiger partial charge in [-0.25, -0.2) is 4.39 Å².